The largest absolute Gasteiger partial charge is 0.490 e. The Hall–Kier alpha value is -2.38. The van der Waals surface area contributed by atoms with Gasteiger partial charge in [-0.3, -0.25) is 4.79 Å². The van der Waals surface area contributed by atoms with Gasteiger partial charge in [0.1, 0.15) is 0 Å². The third kappa shape index (κ3) is 3.52. The first-order valence-corrected chi connectivity index (χ1v) is 10.9. The minimum absolute atomic E-state index is 0.0878. The lowest BCUT2D eigenvalue weighted by atomic mass is 10.0. The molecule has 4 rings (SSSR count). The number of rotatable bonds is 4. The average molecular weight is 401 g/mol. The SMILES string of the molecule is CC(=O)c1ccc(S(=O)(=O)N2CCC[C@H]2c2ccc3c(c2)OCCCO3)cc1. The van der Waals surface area contributed by atoms with Crippen LogP contribution in [0.1, 0.15) is 48.1 Å². The van der Waals surface area contributed by atoms with Gasteiger partial charge in [-0.1, -0.05) is 18.2 Å². The minimum atomic E-state index is -3.66. The lowest BCUT2D eigenvalue weighted by Crippen LogP contribution is -2.30. The van der Waals surface area contributed by atoms with Crippen molar-refractivity contribution < 1.29 is 22.7 Å². The Bertz CT molecular complexity index is 984. The predicted octanol–water partition coefficient (Wildman–Crippen LogP) is 3.58. The summed E-state index contributed by atoms with van der Waals surface area (Å²) in [6, 6.07) is 11.6. The van der Waals surface area contributed by atoms with Crippen LogP contribution in [0.5, 0.6) is 11.5 Å². The lowest BCUT2D eigenvalue weighted by molar-refractivity contribution is 0.101. The van der Waals surface area contributed by atoms with Gasteiger partial charge in [-0.25, -0.2) is 8.42 Å². The third-order valence-electron chi connectivity index (χ3n) is 5.23. The molecule has 0 radical (unpaired) electrons. The molecule has 148 valence electrons. The van der Waals surface area contributed by atoms with E-state index in [1.54, 1.807) is 16.4 Å². The second-order valence-corrected chi connectivity index (χ2v) is 9.00. The highest BCUT2D eigenvalue weighted by atomic mass is 32.2. The van der Waals surface area contributed by atoms with Crippen LogP contribution in [0.25, 0.3) is 0 Å². The summed E-state index contributed by atoms with van der Waals surface area (Å²) in [5.74, 6) is 1.29. The minimum Gasteiger partial charge on any atom is -0.490 e. The van der Waals surface area contributed by atoms with Crippen molar-refractivity contribution in [1.29, 1.82) is 0 Å². The van der Waals surface area contributed by atoms with Crippen molar-refractivity contribution in [3.8, 4) is 11.5 Å². The molecule has 0 aromatic heterocycles. The van der Waals surface area contributed by atoms with Gasteiger partial charge < -0.3 is 9.47 Å². The Morgan fingerprint density at radius 2 is 1.71 bits per heavy atom. The van der Waals surface area contributed by atoms with Crippen molar-refractivity contribution in [1.82, 2.24) is 4.31 Å². The Morgan fingerprint density at radius 3 is 2.43 bits per heavy atom. The van der Waals surface area contributed by atoms with E-state index in [0.717, 1.165) is 24.8 Å². The Kier molecular flexibility index (Phi) is 5.12. The van der Waals surface area contributed by atoms with Crippen LogP contribution in [0.2, 0.25) is 0 Å². The number of ether oxygens (including phenoxy) is 2. The fraction of sp³-hybridized carbons (Fsp3) is 0.381. The zero-order chi connectivity index (χ0) is 19.7. The molecule has 0 spiro atoms. The predicted molar refractivity (Wildman–Crippen MR) is 104 cm³/mol. The van der Waals surface area contributed by atoms with Crippen molar-refractivity contribution in [2.75, 3.05) is 19.8 Å². The quantitative estimate of drug-likeness (QED) is 0.732. The first-order chi connectivity index (χ1) is 13.5. The number of nitrogens with zero attached hydrogens (tertiary/aromatic N) is 1. The molecule has 2 aliphatic heterocycles. The number of Topliss-reactive ketones (excluding diaryl/α,β-unsaturated/α-hetero) is 1. The molecule has 7 heteroatoms. The van der Waals surface area contributed by atoms with Gasteiger partial charge in [0.15, 0.2) is 17.3 Å². The van der Waals surface area contributed by atoms with Gasteiger partial charge >= 0.3 is 0 Å². The van der Waals surface area contributed by atoms with Crippen LogP contribution < -0.4 is 9.47 Å². The molecule has 0 saturated carbocycles. The van der Waals surface area contributed by atoms with Crippen molar-refractivity contribution in [3.05, 3.63) is 53.6 Å². The van der Waals surface area contributed by atoms with E-state index < -0.39 is 10.0 Å². The van der Waals surface area contributed by atoms with E-state index in [1.165, 1.54) is 19.1 Å². The van der Waals surface area contributed by atoms with Gasteiger partial charge in [-0.15, -0.1) is 0 Å². The summed E-state index contributed by atoms with van der Waals surface area (Å²) in [6.45, 7) is 3.14. The summed E-state index contributed by atoms with van der Waals surface area (Å²) in [5.41, 5.74) is 1.41. The molecule has 0 bridgehead atoms. The van der Waals surface area contributed by atoms with E-state index in [-0.39, 0.29) is 16.7 Å². The molecule has 1 saturated heterocycles. The lowest BCUT2D eigenvalue weighted by Gasteiger charge is -2.25. The van der Waals surface area contributed by atoms with Crippen LogP contribution in [-0.2, 0) is 10.0 Å². The highest BCUT2D eigenvalue weighted by Gasteiger charge is 2.36. The standard InChI is InChI=1S/C21H23NO5S/c1-15(23)16-5-8-18(9-6-16)28(24,25)22-11-2-4-19(22)17-7-10-20-21(14-17)27-13-3-12-26-20/h5-10,14,19H,2-4,11-13H2,1H3/t19-/m0/s1. The van der Waals surface area contributed by atoms with Gasteiger partial charge in [-0.05, 0) is 49.6 Å². The number of fused-ring (bicyclic) bond motifs is 1. The van der Waals surface area contributed by atoms with E-state index in [1.807, 2.05) is 18.2 Å². The van der Waals surface area contributed by atoms with E-state index >= 15 is 0 Å². The molecule has 1 atom stereocenters. The Labute approximate surface area is 165 Å². The topological polar surface area (TPSA) is 72.9 Å². The summed E-state index contributed by atoms with van der Waals surface area (Å²) in [7, 11) is -3.66. The summed E-state index contributed by atoms with van der Waals surface area (Å²) in [5, 5.41) is 0. The monoisotopic (exact) mass is 401 g/mol. The zero-order valence-electron chi connectivity index (χ0n) is 15.8. The maximum Gasteiger partial charge on any atom is 0.243 e. The number of carbonyl (C=O) groups is 1. The molecule has 2 heterocycles. The fourth-order valence-electron chi connectivity index (χ4n) is 3.75. The number of hydrogen-bond donors (Lipinski definition) is 0. The average Bonchev–Trinajstić information content (AvgIpc) is 3.08. The smallest absolute Gasteiger partial charge is 0.243 e. The van der Waals surface area contributed by atoms with Crippen molar-refractivity contribution in [2.24, 2.45) is 0 Å². The highest BCUT2D eigenvalue weighted by molar-refractivity contribution is 7.89. The van der Waals surface area contributed by atoms with Crippen molar-refractivity contribution in [3.63, 3.8) is 0 Å². The van der Waals surface area contributed by atoms with E-state index in [4.69, 9.17) is 9.47 Å². The van der Waals surface area contributed by atoms with Gasteiger partial charge in [0.2, 0.25) is 10.0 Å². The summed E-state index contributed by atoms with van der Waals surface area (Å²) in [4.78, 5) is 11.7. The molecule has 2 aliphatic rings. The number of benzene rings is 2. The first kappa shape index (κ1) is 19.0. The Morgan fingerprint density at radius 1 is 1.00 bits per heavy atom. The van der Waals surface area contributed by atoms with Gasteiger partial charge in [-0.2, -0.15) is 4.31 Å². The van der Waals surface area contributed by atoms with Gasteiger partial charge in [0.05, 0.1) is 24.2 Å². The number of sulfonamides is 1. The van der Waals surface area contributed by atoms with Gasteiger partial charge in [0, 0.05) is 18.5 Å². The molecular weight excluding hydrogens is 378 g/mol. The molecule has 2 aromatic rings. The van der Waals surface area contributed by atoms with E-state index in [2.05, 4.69) is 0 Å². The van der Waals surface area contributed by atoms with Crippen LogP contribution in [0.3, 0.4) is 0 Å². The molecule has 28 heavy (non-hydrogen) atoms. The van der Waals surface area contributed by atoms with E-state index in [0.29, 0.717) is 36.8 Å². The van der Waals surface area contributed by atoms with Crippen LogP contribution in [0.15, 0.2) is 47.4 Å². The molecule has 1 fully saturated rings. The van der Waals surface area contributed by atoms with Crippen molar-refractivity contribution in [2.45, 2.75) is 37.1 Å². The number of hydrogen-bond acceptors (Lipinski definition) is 5. The molecule has 0 aliphatic carbocycles. The molecule has 0 unspecified atom stereocenters. The normalized spacial score (nSPS) is 20.0. The summed E-state index contributed by atoms with van der Waals surface area (Å²) in [6.07, 6.45) is 2.37. The van der Waals surface area contributed by atoms with Crippen LogP contribution in [0.4, 0.5) is 0 Å². The second-order valence-electron chi connectivity index (χ2n) is 7.11. The fourth-order valence-corrected chi connectivity index (χ4v) is 5.43. The highest BCUT2D eigenvalue weighted by Crippen LogP contribution is 2.40. The zero-order valence-corrected chi connectivity index (χ0v) is 16.6. The van der Waals surface area contributed by atoms with Crippen LogP contribution >= 0.6 is 0 Å². The molecule has 0 amide bonds. The van der Waals surface area contributed by atoms with Crippen LogP contribution in [-0.4, -0.2) is 38.3 Å². The number of ketones is 1. The maximum atomic E-state index is 13.2. The number of carbonyl (C=O) groups excluding carboxylic acids is 1. The van der Waals surface area contributed by atoms with Crippen molar-refractivity contribution >= 4 is 15.8 Å². The van der Waals surface area contributed by atoms with E-state index in [9.17, 15) is 13.2 Å². The van der Waals surface area contributed by atoms with Gasteiger partial charge in [0.25, 0.3) is 0 Å². The third-order valence-corrected chi connectivity index (χ3v) is 7.15. The molecule has 6 nitrogen and oxygen atoms in total. The Balaban J connectivity index is 1.64. The first-order valence-electron chi connectivity index (χ1n) is 9.49. The molecule has 0 N–H and O–H groups in total. The second kappa shape index (κ2) is 7.56. The maximum absolute atomic E-state index is 13.2. The molecular formula is C21H23NO5S. The summed E-state index contributed by atoms with van der Waals surface area (Å²) >= 11 is 0. The summed E-state index contributed by atoms with van der Waals surface area (Å²) < 4.78 is 39.4. The van der Waals surface area contributed by atoms with Crippen LogP contribution in [0, 0.1) is 0 Å². The molecule has 2 aromatic carbocycles.